The van der Waals surface area contributed by atoms with Crippen molar-refractivity contribution in [3.05, 3.63) is 11.9 Å². The SMILES string of the molecule is OCCCn1cc(CNCC2CCCC2)nn1. The zero-order valence-electron chi connectivity index (χ0n) is 10.3. The lowest BCUT2D eigenvalue weighted by atomic mass is 10.1. The highest BCUT2D eigenvalue weighted by Crippen LogP contribution is 2.23. The molecule has 1 saturated carbocycles. The fourth-order valence-corrected chi connectivity index (χ4v) is 2.38. The second-order valence-electron chi connectivity index (χ2n) is 4.83. The van der Waals surface area contributed by atoms with E-state index in [0.29, 0.717) is 0 Å². The Balaban J connectivity index is 1.65. The van der Waals surface area contributed by atoms with Crippen molar-refractivity contribution in [2.24, 2.45) is 5.92 Å². The summed E-state index contributed by atoms with van der Waals surface area (Å²) in [6.07, 6.45) is 8.22. The van der Waals surface area contributed by atoms with Crippen LogP contribution < -0.4 is 5.32 Å². The van der Waals surface area contributed by atoms with Gasteiger partial charge in [0.05, 0.1) is 5.69 Å². The number of aliphatic hydroxyl groups is 1. The first-order valence-electron chi connectivity index (χ1n) is 6.59. The molecule has 5 nitrogen and oxygen atoms in total. The minimum Gasteiger partial charge on any atom is -0.396 e. The van der Waals surface area contributed by atoms with E-state index in [1.807, 2.05) is 6.20 Å². The van der Waals surface area contributed by atoms with Crippen LogP contribution in [0.5, 0.6) is 0 Å². The smallest absolute Gasteiger partial charge is 0.0964 e. The Bertz CT molecular complexity index is 320. The molecule has 0 unspecified atom stereocenters. The standard InChI is InChI=1S/C12H22N4O/c17-7-3-6-16-10-12(14-15-16)9-13-8-11-4-1-2-5-11/h10-11,13,17H,1-9H2. The molecule has 0 aliphatic heterocycles. The van der Waals surface area contributed by atoms with Crippen LogP contribution in [0.3, 0.4) is 0 Å². The number of aryl methyl sites for hydroxylation is 1. The fraction of sp³-hybridized carbons (Fsp3) is 0.833. The Morgan fingerprint density at radius 1 is 1.41 bits per heavy atom. The van der Waals surface area contributed by atoms with Crippen molar-refractivity contribution >= 4 is 0 Å². The van der Waals surface area contributed by atoms with E-state index in [0.717, 1.165) is 37.7 Å². The maximum Gasteiger partial charge on any atom is 0.0964 e. The second-order valence-corrected chi connectivity index (χ2v) is 4.83. The third-order valence-electron chi connectivity index (χ3n) is 3.35. The van der Waals surface area contributed by atoms with E-state index in [2.05, 4.69) is 15.6 Å². The summed E-state index contributed by atoms with van der Waals surface area (Å²) in [6, 6.07) is 0. The van der Waals surface area contributed by atoms with Gasteiger partial charge >= 0.3 is 0 Å². The van der Waals surface area contributed by atoms with Crippen LogP contribution in [0.15, 0.2) is 6.20 Å². The highest BCUT2D eigenvalue weighted by Gasteiger charge is 2.14. The predicted molar refractivity (Wildman–Crippen MR) is 65.4 cm³/mol. The average molecular weight is 238 g/mol. The maximum absolute atomic E-state index is 8.72. The van der Waals surface area contributed by atoms with Gasteiger partial charge in [0.1, 0.15) is 0 Å². The van der Waals surface area contributed by atoms with E-state index in [9.17, 15) is 0 Å². The van der Waals surface area contributed by atoms with Gasteiger partial charge in [0, 0.05) is 25.9 Å². The molecular formula is C12H22N4O. The van der Waals surface area contributed by atoms with Crippen LogP contribution in [0.25, 0.3) is 0 Å². The van der Waals surface area contributed by atoms with E-state index >= 15 is 0 Å². The third kappa shape index (κ3) is 4.09. The van der Waals surface area contributed by atoms with Gasteiger partial charge in [-0.2, -0.15) is 0 Å². The summed E-state index contributed by atoms with van der Waals surface area (Å²) in [5, 5.41) is 20.3. The lowest BCUT2D eigenvalue weighted by molar-refractivity contribution is 0.276. The van der Waals surface area contributed by atoms with Crippen molar-refractivity contribution < 1.29 is 5.11 Å². The Morgan fingerprint density at radius 3 is 3.00 bits per heavy atom. The van der Waals surface area contributed by atoms with Gasteiger partial charge in [-0.3, -0.25) is 4.68 Å². The first kappa shape index (κ1) is 12.5. The number of rotatable bonds is 7. The van der Waals surface area contributed by atoms with Crippen LogP contribution >= 0.6 is 0 Å². The Labute approximate surface area is 102 Å². The van der Waals surface area contributed by atoms with Crippen molar-refractivity contribution in [2.75, 3.05) is 13.2 Å². The molecule has 17 heavy (non-hydrogen) atoms. The monoisotopic (exact) mass is 238 g/mol. The molecule has 0 atom stereocenters. The fourth-order valence-electron chi connectivity index (χ4n) is 2.38. The number of nitrogens with zero attached hydrogens (tertiary/aromatic N) is 3. The van der Waals surface area contributed by atoms with Crippen LogP contribution in [0.2, 0.25) is 0 Å². The van der Waals surface area contributed by atoms with Gasteiger partial charge in [-0.15, -0.1) is 5.10 Å². The molecule has 5 heteroatoms. The highest BCUT2D eigenvalue weighted by atomic mass is 16.3. The molecule has 0 aromatic carbocycles. The lowest BCUT2D eigenvalue weighted by Crippen LogP contribution is -2.20. The quantitative estimate of drug-likeness (QED) is 0.742. The highest BCUT2D eigenvalue weighted by molar-refractivity contribution is 4.91. The molecule has 1 aromatic heterocycles. The predicted octanol–water partition coefficient (Wildman–Crippen LogP) is 0.940. The van der Waals surface area contributed by atoms with Crippen LogP contribution in [-0.2, 0) is 13.1 Å². The molecule has 2 N–H and O–H groups in total. The van der Waals surface area contributed by atoms with Crippen LogP contribution in [-0.4, -0.2) is 33.3 Å². The minimum absolute atomic E-state index is 0.203. The number of hydrogen-bond acceptors (Lipinski definition) is 4. The number of aliphatic hydroxyl groups excluding tert-OH is 1. The Kier molecular flexibility index (Phi) is 4.94. The van der Waals surface area contributed by atoms with Gasteiger partial charge in [-0.25, -0.2) is 0 Å². The molecule has 0 amide bonds. The average Bonchev–Trinajstić information content (AvgIpc) is 2.98. The van der Waals surface area contributed by atoms with Crippen LogP contribution in [0.1, 0.15) is 37.8 Å². The van der Waals surface area contributed by atoms with Crippen molar-refractivity contribution in [1.82, 2.24) is 20.3 Å². The zero-order valence-corrected chi connectivity index (χ0v) is 10.3. The van der Waals surface area contributed by atoms with Gasteiger partial charge in [-0.1, -0.05) is 18.1 Å². The van der Waals surface area contributed by atoms with Gasteiger partial charge < -0.3 is 10.4 Å². The van der Waals surface area contributed by atoms with E-state index in [1.165, 1.54) is 25.7 Å². The summed E-state index contributed by atoms with van der Waals surface area (Å²) in [4.78, 5) is 0. The molecule has 1 heterocycles. The Hall–Kier alpha value is -0.940. The maximum atomic E-state index is 8.72. The molecule has 2 rings (SSSR count). The molecule has 1 aliphatic rings. The number of aromatic nitrogens is 3. The molecular weight excluding hydrogens is 216 g/mol. The molecule has 0 bridgehead atoms. The third-order valence-corrected chi connectivity index (χ3v) is 3.35. The normalized spacial score (nSPS) is 16.8. The molecule has 0 radical (unpaired) electrons. The number of nitrogens with one attached hydrogen (secondary N) is 1. The van der Waals surface area contributed by atoms with Gasteiger partial charge in [0.25, 0.3) is 0 Å². The molecule has 1 aromatic rings. The lowest BCUT2D eigenvalue weighted by Gasteiger charge is -2.08. The van der Waals surface area contributed by atoms with Crippen molar-refractivity contribution in [3.8, 4) is 0 Å². The van der Waals surface area contributed by atoms with Crippen molar-refractivity contribution in [1.29, 1.82) is 0 Å². The van der Waals surface area contributed by atoms with Crippen LogP contribution in [0, 0.1) is 5.92 Å². The largest absolute Gasteiger partial charge is 0.396 e. The Morgan fingerprint density at radius 2 is 2.24 bits per heavy atom. The zero-order chi connectivity index (χ0) is 11.9. The van der Waals surface area contributed by atoms with Gasteiger partial charge in [-0.05, 0) is 31.7 Å². The topological polar surface area (TPSA) is 63.0 Å². The minimum atomic E-state index is 0.203. The summed E-state index contributed by atoms with van der Waals surface area (Å²) >= 11 is 0. The molecule has 0 spiro atoms. The summed E-state index contributed by atoms with van der Waals surface area (Å²) in [6.45, 7) is 2.85. The number of hydrogen-bond donors (Lipinski definition) is 2. The first-order chi connectivity index (χ1) is 8.38. The molecule has 1 fully saturated rings. The molecule has 0 saturated heterocycles. The first-order valence-corrected chi connectivity index (χ1v) is 6.59. The van der Waals surface area contributed by atoms with Crippen molar-refractivity contribution in [2.45, 2.75) is 45.2 Å². The van der Waals surface area contributed by atoms with Gasteiger partial charge in [0.2, 0.25) is 0 Å². The van der Waals surface area contributed by atoms with Gasteiger partial charge in [0.15, 0.2) is 0 Å². The van der Waals surface area contributed by atoms with E-state index in [-0.39, 0.29) is 6.61 Å². The van der Waals surface area contributed by atoms with E-state index in [4.69, 9.17) is 5.11 Å². The van der Waals surface area contributed by atoms with E-state index in [1.54, 1.807) is 4.68 Å². The molecule has 1 aliphatic carbocycles. The summed E-state index contributed by atoms with van der Waals surface area (Å²) in [5.74, 6) is 0.861. The van der Waals surface area contributed by atoms with Crippen LogP contribution in [0.4, 0.5) is 0 Å². The van der Waals surface area contributed by atoms with E-state index < -0.39 is 0 Å². The summed E-state index contributed by atoms with van der Waals surface area (Å²) in [7, 11) is 0. The summed E-state index contributed by atoms with van der Waals surface area (Å²) in [5.41, 5.74) is 0.987. The second kappa shape index (κ2) is 6.71. The summed E-state index contributed by atoms with van der Waals surface area (Å²) < 4.78 is 1.79. The molecule has 96 valence electrons. The van der Waals surface area contributed by atoms with Crippen molar-refractivity contribution in [3.63, 3.8) is 0 Å².